The van der Waals surface area contributed by atoms with E-state index in [0.717, 1.165) is 12.1 Å². The first kappa shape index (κ1) is 20.8. The molecule has 31 heavy (non-hydrogen) atoms. The minimum absolute atomic E-state index is 0.0469. The lowest BCUT2D eigenvalue weighted by atomic mass is 10.3. The van der Waals surface area contributed by atoms with Gasteiger partial charge in [-0.25, -0.2) is 13.2 Å². The molecule has 0 radical (unpaired) electrons. The van der Waals surface area contributed by atoms with Crippen molar-refractivity contribution in [3.05, 3.63) is 69.2 Å². The van der Waals surface area contributed by atoms with E-state index in [9.17, 15) is 28.1 Å². The van der Waals surface area contributed by atoms with Gasteiger partial charge in [0.15, 0.2) is 5.58 Å². The van der Waals surface area contributed by atoms with Crippen LogP contribution in [-0.2, 0) is 21.4 Å². The van der Waals surface area contributed by atoms with E-state index >= 15 is 0 Å². The van der Waals surface area contributed by atoms with E-state index in [0.29, 0.717) is 11.1 Å². The lowest BCUT2D eigenvalue weighted by Crippen LogP contribution is -2.51. The Balaban J connectivity index is 1.43. The molecule has 1 aliphatic heterocycles. The maximum absolute atomic E-state index is 12.8. The van der Waals surface area contributed by atoms with Crippen molar-refractivity contribution in [3.63, 3.8) is 0 Å². The van der Waals surface area contributed by atoms with Gasteiger partial charge in [0.25, 0.3) is 5.69 Å². The number of carbonyl (C=O) groups is 1. The number of sulfonamides is 1. The Morgan fingerprint density at radius 1 is 1.03 bits per heavy atom. The van der Waals surface area contributed by atoms with Crippen molar-refractivity contribution in [3.8, 4) is 0 Å². The average Bonchev–Trinajstić information content (AvgIpc) is 3.09. The molecule has 11 nitrogen and oxygen atoms in total. The van der Waals surface area contributed by atoms with Gasteiger partial charge in [-0.1, -0.05) is 12.1 Å². The van der Waals surface area contributed by atoms with Crippen LogP contribution in [0.15, 0.2) is 62.6 Å². The second kappa shape index (κ2) is 7.96. The number of rotatable bonds is 5. The molecule has 2 aromatic carbocycles. The van der Waals surface area contributed by atoms with E-state index in [4.69, 9.17) is 4.42 Å². The number of nitro benzene ring substituents is 1. The van der Waals surface area contributed by atoms with Gasteiger partial charge in [-0.15, -0.1) is 0 Å². The number of para-hydroxylation sites is 2. The third kappa shape index (κ3) is 3.94. The first-order valence-corrected chi connectivity index (χ1v) is 10.8. The van der Waals surface area contributed by atoms with E-state index in [2.05, 4.69) is 0 Å². The van der Waals surface area contributed by atoms with Crippen molar-refractivity contribution >= 4 is 32.7 Å². The summed E-state index contributed by atoms with van der Waals surface area (Å²) < 4.78 is 33.2. The molecule has 2 heterocycles. The second-order valence-electron chi connectivity index (χ2n) is 6.96. The molecule has 0 bridgehead atoms. The van der Waals surface area contributed by atoms with E-state index < -0.39 is 20.7 Å². The Morgan fingerprint density at radius 3 is 2.32 bits per heavy atom. The molecule has 1 fully saturated rings. The summed E-state index contributed by atoms with van der Waals surface area (Å²) in [6.07, 6.45) is 0. The summed E-state index contributed by atoms with van der Waals surface area (Å²) >= 11 is 0. The van der Waals surface area contributed by atoms with Gasteiger partial charge in [-0.05, 0) is 24.3 Å². The van der Waals surface area contributed by atoms with Crippen molar-refractivity contribution in [2.75, 3.05) is 26.2 Å². The smallest absolute Gasteiger partial charge is 0.408 e. The third-order valence-electron chi connectivity index (χ3n) is 5.14. The normalized spacial score (nSPS) is 15.3. The van der Waals surface area contributed by atoms with E-state index in [1.807, 2.05) is 0 Å². The van der Waals surface area contributed by atoms with Gasteiger partial charge in [0.05, 0.1) is 15.3 Å². The van der Waals surface area contributed by atoms with Crippen LogP contribution < -0.4 is 5.76 Å². The van der Waals surface area contributed by atoms with Gasteiger partial charge in [0, 0.05) is 38.3 Å². The van der Waals surface area contributed by atoms with Crippen LogP contribution in [0.4, 0.5) is 5.69 Å². The van der Waals surface area contributed by atoms with E-state index in [1.54, 1.807) is 24.3 Å². The molecule has 0 aliphatic carbocycles. The summed E-state index contributed by atoms with van der Waals surface area (Å²) in [5.41, 5.74) is 0.705. The number of nitro groups is 1. The number of hydrogen-bond acceptors (Lipinski definition) is 7. The molecular weight excluding hydrogens is 428 g/mol. The van der Waals surface area contributed by atoms with Crippen LogP contribution in [0.5, 0.6) is 0 Å². The molecule has 12 heteroatoms. The number of fused-ring (bicyclic) bond motifs is 1. The number of benzene rings is 2. The Labute approximate surface area is 176 Å². The number of non-ortho nitro benzene ring substituents is 1. The van der Waals surface area contributed by atoms with Gasteiger partial charge in [-0.2, -0.15) is 4.31 Å². The number of hydrogen-bond donors (Lipinski definition) is 0. The number of amides is 1. The predicted molar refractivity (Wildman–Crippen MR) is 109 cm³/mol. The van der Waals surface area contributed by atoms with Crippen molar-refractivity contribution < 1.29 is 22.6 Å². The molecule has 4 rings (SSSR count). The van der Waals surface area contributed by atoms with Crippen molar-refractivity contribution in [2.24, 2.45) is 0 Å². The molecule has 0 spiro atoms. The van der Waals surface area contributed by atoms with Crippen LogP contribution >= 0.6 is 0 Å². The van der Waals surface area contributed by atoms with Gasteiger partial charge >= 0.3 is 5.76 Å². The maximum Gasteiger partial charge on any atom is 0.420 e. The molecular formula is C19H18N4O7S. The zero-order valence-corrected chi connectivity index (χ0v) is 17.0. The number of carbonyl (C=O) groups excluding carboxylic acids is 1. The lowest BCUT2D eigenvalue weighted by molar-refractivity contribution is -0.384. The average molecular weight is 446 g/mol. The standard InChI is InChI=1S/C19H18N4O7S/c24-18(13-22-16-3-1-2-4-17(16)30-19(22)25)20-9-11-21(12-10-20)31(28,29)15-7-5-14(6-8-15)23(26)27/h1-8H,9-13H2. The fourth-order valence-corrected chi connectivity index (χ4v) is 4.89. The molecule has 1 saturated heterocycles. The van der Waals surface area contributed by atoms with Crippen LogP contribution in [-0.4, -0.2) is 59.2 Å². The number of oxazole rings is 1. The quantitative estimate of drug-likeness (QED) is 0.422. The Morgan fingerprint density at radius 2 is 1.68 bits per heavy atom. The monoisotopic (exact) mass is 446 g/mol. The van der Waals surface area contributed by atoms with Crippen molar-refractivity contribution in [2.45, 2.75) is 11.4 Å². The highest BCUT2D eigenvalue weighted by Crippen LogP contribution is 2.21. The first-order chi connectivity index (χ1) is 14.8. The molecule has 1 aromatic heterocycles. The predicted octanol–water partition coefficient (Wildman–Crippen LogP) is 1.04. The summed E-state index contributed by atoms with van der Waals surface area (Å²) in [5, 5.41) is 10.8. The molecule has 0 saturated carbocycles. The summed E-state index contributed by atoms with van der Waals surface area (Å²) in [5.74, 6) is -0.949. The number of nitrogens with zero attached hydrogens (tertiary/aromatic N) is 4. The van der Waals surface area contributed by atoms with Crippen LogP contribution in [0.1, 0.15) is 0 Å². The minimum Gasteiger partial charge on any atom is -0.408 e. The fraction of sp³-hybridized carbons (Fsp3) is 0.263. The third-order valence-corrected chi connectivity index (χ3v) is 7.06. The molecule has 0 unspecified atom stereocenters. The molecule has 0 N–H and O–H groups in total. The number of piperazine rings is 1. The van der Waals surface area contributed by atoms with Gasteiger partial charge in [0.1, 0.15) is 6.54 Å². The summed E-state index contributed by atoms with van der Waals surface area (Å²) in [6, 6.07) is 11.5. The Hall–Kier alpha value is -3.51. The SMILES string of the molecule is O=C(Cn1c(=O)oc2ccccc21)N1CCN(S(=O)(=O)c2ccc([N+](=O)[O-])cc2)CC1. The van der Waals surface area contributed by atoms with Crippen molar-refractivity contribution in [1.29, 1.82) is 0 Å². The maximum atomic E-state index is 12.8. The van der Waals surface area contributed by atoms with Crippen LogP contribution in [0.25, 0.3) is 11.1 Å². The molecule has 162 valence electrons. The number of aromatic nitrogens is 1. The first-order valence-electron chi connectivity index (χ1n) is 9.38. The minimum atomic E-state index is -3.84. The lowest BCUT2D eigenvalue weighted by Gasteiger charge is -2.34. The fourth-order valence-electron chi connectivity index (χ4n) is 3.47. The largest absolute Gasteiger partial charge is 0.420 e. The molecule has 0 atom stereocenters. The van der Waals surface area contributed by atoms with Crippen LogP contribution in [0.2, 0.25) is 0 Å². The molecule has 1 aliphatic rings. The zero-order chi connectivity index (χ0) is 22.2. The molecule has 3 aromatic rings. The summed E-state index contributed by atoms with van der Waals surface area (Å²) in [7, 11) is -3.84. The van der Waals surface area contributed by atoms with Gasteiger partial charge in [-0.3, -0.25) is 19.5 Å². The highest BCUT2D eigenvalue weighted by molar-refractivity contribution is 7.89. The highest BCUT2D eigenvalue weighted by atomic mass is 32.2. The van der Waals surface area contributed by atoms with E-state index in [-0.39, 0.29) is 49.2 Å². The molecule has 1 amide bonds. The Kier molecular flexibility index (Phi) is 5.33. The topological polar surface area (TPSA) is 136 Å². The zero-order valence-electron chi connectivity index (χ0n) is 16.2. The van der Waals surface area contributed by atoms with E-state index in [1.165, 1.54) is 25.9 Å². The Bertz CT molecular complexity index is 1300. The highest BCUT2D eigenvalue weighted by Gasteiger charge is 2.30. The summed E-state index contributed by atoms with van der Waals surface area (Å²) in [4.78, 5) is 36.3. The van der Waals surface area contributed by atoms with Crippen LogP contribution in [0, 0.1) is 10.1 Å². The summed E-state index contributed by atoms with van der Waals surface area (Å²) in [6.45, 7) is 0.272. The van der Waals surface area contributed by atoms with Gasteiger partial charge in [0.2, 0.25) is 15.9 Å². The van der Waals surface area contributed by atoms with Crippen LogP contribution in [0.3, 0.4) is 0 Å². The van der Waals surface area contributed by atoms with Gasteiger partial charge < -0.3 is 9.32 Å². The van der Waals surface area contributed by atoms with Crippen molar-refractivity contribution in [1.82, 2.24) is 13.8 Å². The second-order valence-corrected chi connectivity index (χ2v) is 8.90.